The van der Waals surface area contributed by atoms with Crippen LogP contribution in [0.2, 0.25) is 0 Å². The largest absolute Gasteiger partial charge is 0.454 e. The van der Waals surface area contributed by atoms with Crippen molar-refractivity contribution < 1.29 is 23.9 Å². The molecule has 4 aromatic rings. The fourth-order valence-corrected chi connectivity index (χ4v) is 7.17. The predicted octanol–water partition coefficient (Wildman–Crippen LogP) is 6.09. The van der Waals surface area contributed by atoms with Gasteiger partial charge in [-0.15, -0.1) is 0 Å². The van der Waals surface area contributed by atoms with Gasteiger partial charge in [-0.1, -0.05) is 42.5 Å². The molecule has 42 heavy (non-hydrogen) atoms. The lowest BCUT2D eigenvalue weighted by Gasteiger charge is -2.19. The summed E-state index contributed by atoms with van der Waals surface area (Å²) in [7, 11) is 0. The maximum absolute atomic E-state index is 13.4. The number of para-hydroxylation sites is 1. The number of imide groups is 1. The van der Waals surface area contributed by atoms with Gasteiger partial charge in [0.05, 0.1) is 34.3 Å². The number of nitrogens with zero attached hydrogens (tertiary/aromatic N) is 2. The summed E-state index contributed by atoms with van der Waals surface area (Å²) in [4.78, 5) is 59.1. The molecule has 7 heteroatoms. The van der Waals surface area contributed by atoms with Crippen molar-refractivity contribution in [2.45, 2.75) is 33.1 Å². The van der Waals surface area contributed by atoms with Crippen LogP contribution in [-0.4, -0.2) is 35.2 Å². The Labute approximate surface area is 243 Å². The van der Waals surface area contributed by atoms with Gasteiger partial charge in [0.1, 0.15) is 0 Å². The van der Waals surface area contributed by atoms with Crippen LogP contribution >= 0.6 is 0 Å². The second-order valence-corrected chi connectivity index (χ2v) is 11.8. The minimum Gasteiger partial charge on any atom is -0.454 e. The van der Waals surface area contributed by atoms with Gasteiger partial charge in [-0.05, 0) is 86.4 Å². The maximum Gasteiger partial charge on any atom is 0.339 e. The van der Waals surface area contributed by atoms with Crippen LogP contribution in [0.25, 0.3) is 22.2 Å². The highest BCUT2D eigenvalue weighted by Crippen LogP contribution is 2.56. The van der Waals surface area contributed by atoms with Gasteiger partial charge in [-0.25, -0.2) is 9.78 Å². The van der Waals surface area contributed by atoms with Crippen molar-refractivity contribution in [3.05, 3.63) is 95.1 Å². The normalized spacial score (nSPS) is 22.6. The third kappa shape index (κ3) is 4.23. The van der Waals surface area contributed by atoms with Gasteiger partial charge in [0.25, 0.3) is 0 Å². The molecule has 210 valence electrons. The van der Waals surface area contributed by atoms with E-state index in [1.165, 1.54) is 4.90 Å². The molecule has 2 bridgehead atoms. The topological polar surface area (TPSA) is 93.6 Å². The fraction of sp³-hybridized carbons (Fsp3) is 0.286. The standard InChI is InChI=1S/C35H30N2O5/c1-19-10-11-22(14-20(19)2)30(38)18-42-35(41)27-17-29(36-28-9-4-3-8-26(27)28)21-6-5-7-25(16-21)37-33(39)31-23-12-13-24(15-23)32(31)34(37)40/h3-11,14,16-17,23-24,31-32H,12-13,15,18H2,1-2H3/t23-,24-,31+,32+/m0/s1. The molecule has 2 heterocycles. The number of Topliss-reactive ketones (excluding diaryl/α,β-unsaturated/α-hetero) is 1. The zero-order chi connectivity index (χ0) is 29.1. The molecule has 4 atom stereocenters. The number of fused-ring (bicyclic) bond motifs is 6. The molecule has 2 amide bonds. The number of carbonyl (C=O) groups excluding carboxylic acids is 4. The molecule has 0 N–H and O–H groups in total. The number of anilines is 1. The molecule has 0 unspecified atom stereocenters. The summed E-state index contributed by atoms with van der Waals surface area (Å²) in [6.45, 7) is 3.52. The van der Waals surface area contributed by atoms with Crippen LogP contribution in [-0.2, 0) is 14.3 Å². The van der Waals surface area contributed by atoms with Gasteiger partial charge in [0.15, 0.2) is 12.4 Å². The first-order valence-electron chi connectivity index (χ1n) is 14.5. The number of hydrogen-bond donors (Lipinski definition) is 0. The molecule has 1 aromatic heterocycles. The summed E-state index contributed by atoms with van der Waals surface area (Å²) in [5.41, 5.74) is 5.13. The Hall–Kier alpha value is -4.65. The Balaban J connectivity index is 1.18. The molecule has 3 aromatic carbocycles. The number of ether oxygens (including phenoxy) is 1. The molecule has 1 aliphatic heterocycles. The highest BCUT2D eigenvalue weighted by molar-refractivity contribution is 6.22. The average Bonchev–Trinajstić information content (AvgIpc) is 3.70. The van der Waals surface area contributed by atoms with E-state index >= 15 is 0 Å². The van der Waals surface area contributed by atoms with Crippen LogP contribution in [0, 0.1) is 37.5 Å². The van der Waals surface area contributed by atoms with Gasteiger partial charge < -0.3 is 4.74 Å². The average molecular weight is 559 g/mol. The van der Waals surface area contributed by atoms with E-state index in [0.717, 1.165) is 30.4 Å². The minimum atomic E-state index is -0.628. The van der Waals surface area contributed by atoms with E-state index in [9.17, 15) is 19.2 Å². The van der Waals surface area contributed by atoms with E-state index in [-0.39, 0.29) is 41.6 Å². The summed E-state index contributed by atoms with van der Waals surface area (Å²) in [5, 5.41) is 0.606. The maximum atomic E-state index is 13.4. The van der Waals surface area contributed by atoms with Crippen LogP contribution in [0.1, 0.15) is 51.1 Å². The number of ketones is 1. The molecule has 1 saturated heterocycles. The lowest BCUT2D eigenvalue weighted by atomic mass is 9.81. The monoisotopic (exact) mass is 558 g/mol. The Morgan fingerprint density at radius 2 is 1.60 bits per heavy atom. The smallest absolute Gasteiger partial charge is 0.339 e. The lowest BCUT2D eigenvalue weighted by Crippen LogP contribution is -2.32. The van der Waals surface area contributed by atoms with Crippen molar-refractivity contribution in [2.24, 2.45) is 23.7 Å². The van der Waals surface area contributed by atoms with Gasteiger partial charge in [-0.2, -0.15) is 0 Å². The molecule has 7 rings (SSSR count). The summed E-state index contributed by atoms with van der Waals surface area (Å²) in [6, 6.07) is 21.5. The summed E-state index contributed by atoms with van der Waals surface area (Å²) in [5.74, 6) is -0.896. The molecule has 3 aliphatic rings. The van der Waals surface area contributed by atoms with Crippen LogP contribution in [0.4, 0.5) is 5.69 Å². The first-order valence-corrected chi connectivity index (χ1v) is 14.5. The Morgan fingerprint density at radius 1 is 0.857 bits per heavy atom. The fourth-order valence-electron chi connectivity index (χ4n) is 7.17. The second-order valence-electron chi connectivity index (χ2n) is 11.8. The third-order valence-corrected chi connectivity index (χ3v) is 9.43. The van der Waals surface area contributed by atoms with E-state index in [4.69, 9.17) is 9.72 Å². The number of esters is 1. The van der Waals surface area contributed by atoms with Crippen LogP contribution in [0.5, 0.6) is 0 Å². The van der Waals surface area contributed by atoms with Crippen molar-refractivity contribution in [1.82, 2.24) is 4.98 Å². The van der Waals surface area contributed by atoms with Crippen LogP contribution < -0.4 is 4.90 Å². The van der Waals surface area contributed by atoms with Gasteiger partial charge in [-0.3, -0.25) is 19.3 Å². The molecule has 2 saturated carbocycles. The number of rotatable bonds is 6. The number of benzene rings is 3. The number of carbonyl (C=O) groups is 4. The summed E-state index contributed by atoms with van der Waals surface area (Å²) in [6.07, 6.45) is 3.03. The first-order chi connectivity index (χ1) is 20.3. The second kappa shape index (κ2) is 10.0. The van der Waals surface area contributed by atoms with Crippen molar-refractivity contribution in [1.29, 1.82) is 0 Å². The minimum absolute atomic E-state index is 0.0986. The lowest BCUT2D eigenvalue weighted by molar-refractivity contribution is -0.123. The Morgan fingerprint density at radius 3 is 2.33 bits per heavy atom. The highest BCUT2D eigenvalue weighted by Gasteiger charge is 2.61. The molecular formula is C35H30N2O5. The predicted molar refractivity (Wildman–Crippen MR) is 158 cm³/mol. The van der Waals surface area contributed by atoms with Gasteiger partial charge in [0.2, 0.25) is 11.8 Å². The molecule has 7 nitrogen and oxygen atoms in total. The number of hydrogen-bond acceptors (Lipinski definition) is 6. The number of aromatic nitrogens is 1. The summed E-state index contributed by atoms with van der Waals surface area (Å²) < 4.78 is 5.50. The highest BCUT2D eigenvalue weighted by atomic mass is 16.5. The van der Waals surface area contributed by atoms with Crippen LogP contribution in [0.3, 0.4) is 0 Å². The molecule has 0 radical (unpaired) electrons. The van der Waals surface area contributed by atoms with E-state index in [1.54, 1.807) is 42.5 Å². The zero-order valence-electron chi connectivity index (χ0n) is 23.5. The van der Waals surface area contributed by atoms with E-state index < -0.39 is 5.97 Å². The Bertz CT molecular complexity index is 1780. The van der Waals surface area contributed by atoms with Crippen molar-refractivity contribution in [2.75, 3.05) is 11.5 Å². The van der Waals surface area contributed by atoms with Crippen molar-refractivity contribution in [3.8, 4) is 11.3 Å². The zero-order valence-corrected chi connectivity index (χ0v) is 23.5. The van der Waals surface area contributed by atoms with E-state index in [0.29, 0.717) is 45.2 Å². The van der Waals surface area contributed by atoms with E-state index in [2.05, 4.69) is 0 Å². The van der Waals surface area contributed by atoms with Gasteiger partial charge >= 0.3 is 5.97 Å². The quantitative estimate of drug-likeness (QED) is 0.161. The Kier molecular flexibility index (Phi) is 6.26. The van der Waals surface area contributed by atoms with Crippen LogP contribution in [0.15, 0.2) is 72.8 Å². The molecule has 2 aliphatic carbocycles. The SMILES string of the molecule is Cc1ccc(C(=O)COC(=O)c2cc(-c3cccc(N4C(=O)[C@@H]5[C@H]6CC[C@@H](C6)[C@H]5C4=O)c3)nc3ccccc23)cc1C. The number of amides is 2. The molecule has 0 spiro atoms. The molecule has 3 fully saturated rings. The number of pyridine rings is 1. The van der Waals surface area contributed by atoms with Crippen molar-refractivity contribution >= 4 is 40.2 Å². The van der Waals surface area contributed by atoms with Gasteiger partial charge in [0, 0.05) is 16.5 Å². The van der Waals surface area contributed by atoms with Crippen molar-refractivity contribution in [3.63, 3.8) is 0 Å². The third-order valence-electron chi connectivity index (χ3n) is 9.43. The number of aryl methyl sites for hydroxylation is 2. The molecular weight excluding hydrogens is 528 g/mol. The van der Waals surface area contributed by atoms with E-state index in [1.807, 2.05) is 44.2 Å². The first kappa shape index (κ1) is 26.3. The summed E-state index contributed by atoms with van der Waals surface area (Å²) >= 11 is 0.